The maximum Gasteiger partial charge on any atom is 0.236 e. The number of nitrogens with one attached hydrogen (secondary N) is 1. The number of carbonyl (C=O) groups is 1. The van der Waals surface area contributed by atoms with Crippen molar-refractivity contribution in [3.8, 4) is 0 Å². The number of hydrogen-bond donors (Lipinski definition) is 2. The molecular formula is C10H16N2OS. The zero-order valence-corrected chi connectivity index (χ0v) is 9.36. The van der Waals surface area contributed by atoms with Gasteiger partial charge in [0.25, 0.3) is 0 Å². The lowest BCUT2D eigenvalue weighted by Crippen LogP contribution is -2.37. The van der Waals surface area contributed by atoms with Gasteiger partial charge in [0.2, 0.25) is 5.91 Å². The van der Waals surface area contributed by atoms with Gasteiger partial charge in [0, 0.05) is 9.75 Å². The first-order valence-corrected chi connectivity index (χ1v) is 5.56. The predicted octanol–water partition coefficient (Wildman–Crippen LogP) is 1.27. The van der Waals surface area contributed by atoms with E-state index in [1.54, 1.807) is 18.3 Å². The van der Waals surface area contributed by atoms with E-state index in [1.807, 2.05) is 6.07 Å². The van der Waals surface area contributed by atoms with E-state index >= 15 is 0 Å². The van der Waals surface area contributed by atoms with E-state index in [0.29, 0.717) is 6.54 Å². The Morgan fingerprint density at radius 2 is 2.21 bits per heavy atom. The van der Waals surface area contributed by atoms with E-state index in [1.165, 1.54) is 9.75 Å². The monoisotopic (exact) mass is 212 g/mol. The van der Waals surface area contributed by atoms with Gasteiger partial charge in [0.15, 0.2) is 0 Å². The summed E-state index contributed by atoms with van der Waals surface area (Å²) in [6, 6.07) is 3.71. The Balaban J connectivity index is 2.41. The van der Waals surface area contributed by atoms with Crippen LogP contribution in [0.1, 0.15) is 23.6 Å². The van der Waals surface area contributed by atoms with Crippen LogP contribution >= 0.6 is 11.3 Å². The molecule has 1 heterocycles. The topological polar surface area (TPSA) is 55.1 Å². The molecule has 1 aromatic heterocycles. The summed E-state index contributed by atoms with van der Waals surface area (Å²) in [5.74, 6) is -0.101. The standard InChI is InChI=1S/C10H16N2OS/c1-3-8-4-5-9(14-8)6-12-10(13)7(2)11/h4-5,7H,3,6,11H2,1-2H3,(H,12,13)/t7-/m0/s1. The Morgan fingerprint density at radius 1 is 1.57 bits per heavy atom. The van der Waals surface area contributed by atoms with Gasteiger partial charge >= 0.3 is 0 Å². The normalized spacial score (nSPS) is 12.5. The summed E-state index contributed by atoms with van der Waals surface area (Å²) in [4.78, 5) is 13.7. The van der Waals surface area contributed by atoms with Crippen molar-refractivity contribution in [3.05, 3.63) is 21.9 Å². The van der Waals surface area contributed by atoms with Crippen LogP contribution in [-0.2, 0) is 17.8 Å². The number of aryl methyl sites for hydroxylation is 1. The Morgan fingerprint density at radius 3 is 2.71 bits per heavy atom. The van der Waals surface area contributed by atoms with Gasteiger partial charge in [-0.25, -0.2) is 0 Å². The zero-order valence-electron chi connectivity index (χ0n) is 8.54. The van der Waals surface area contributed by atoms with Crippen LogP contribution in [-0.4, -0.2) is 11.9 Å². The second kappa shape index (κ2) is 5.12. The van der Waals surface area contributed by atoms with Crippen molar-refractivity contribution in [1.82, 2.24) is 5.32 Å². The predicted molar refractivity (Wildman–Crippen MR) is 59.2 cm³/mol. The van der Waals surface area contributed by atoms with Gasteiger partial charge in [0.1, 0.15) is 0 Å². The summed E-state index contributed by atoms with van der Waals surface area (Å²) in [6.45, 7) is 4.39. The molecule has 1 atom stereocenters. The maximum atomic E-state index is 11.2. The van der Waals surface area contributed by atoms with Gasteiger partial charge in [-0.1, -0.05) is 6.92 Å². The first-order valence-electron chi connectivity index (χ1n) is 4.74. The molecule has 1 aromatic rings. The molecule has 3 N–H and O–H groups in total. The quantitative estimate of drug-likeness (QED) is 0.789. The van der Waals surface area contributed by atoms with Crippen molar-refractivity contribution in [3.63, 3.8) is 0 Å². The average Bonchev–Trinajstić information content (AvgIpc) is 2.61. The van der Waals surface area contributed by atoms with E-state index < -0.39 is 6.04 Å². The molecule has 0 radical (unpaired) electrons. The highest BCUT2D eigenvalue weighted by atomic mass is 32.1. The van der Waals surface area contributed by atoms with Crippen LogP contribution in [0.2, 0.25) is 0 Å². The van der Waals surface area contributed by atoms with Crippen LogP contribution in [0.25, 0.3) is 0 Å². The third-order valence-corrected chi connectivity index (χ3v) is 3.15. The number of thiophene rings is 1. The van der Waals surface area contributed by atoms with Gasteiger partial charge in [-0.15, -0.1) is 11.3 Å². The van der Waals surface area contributed by atoms with Gasteiger partial charge in [-0.2, -0.15) is 0 Å². The number of nitrogens with two attached hydrogens (primary N) is 1. The summed E-state index contributed by atoms with van der Waals surface area (Å²) in [7, 11) is 0. The van der Waals surface area contributed by atoms with Crippen LogP contribution in [0.5, 0.6) is 0 Å². The van der Waals surface area contributed by atoms with E-state index in [0.717, 1.165) is 6.42 Å². The molecule has 78 valence electrons. The number of rotatable bonds is 4. The lowest BCUT2D eigenvalue weighted by molar-refractivity contribution is -0.122. The third kappa shape index (κ3) is 3.12. The zero-order chi connectivity index (χ0) is 10.6. The van der Waals surface area contributed by atoms with E-state index in [9.17, 15) is 4.79 Å². The Kier molecular flexibility index (Phi) is 4.10. The van der Waals surface area contributed by atoms with E-state index in [4.69, 9.17) is 5.73 Å². The molecule has 0 spiro atoms. The molecule has 0 aromatic carbocycles. The third-order valence-electron chi connectivity index (χ3n) is 1.92. The fraction of sp³-hybridized carbons (Fsp3) is 0.500. The van der Waals surface area contributed by atoms with Crippen LogP contribution in [0.4, 0.5) is 0 Å². The fourth-order valence-corrected chi connectivity index (χ4v) is 1.94. The second-order valence-electron chi connectivity index (χ2n) is 3.23. The number of amides is 1. The molecule has 0 bridgehead atoms. The molecule has 0 saturated carbocycles. The van der Waals surface area contributed by atoms with Crippen LogP contribution in [0.3, 0.4) is 0 Å². The van der Waals surface area contributed by atoms with Gasteiger partial charge < -0.3 is 11.1 Å². The van der Waals surface area contributed by atoms with E-state index in [2.05, 4.69) is 18.3 Å². The lowest BCUT2D eigenvalue weighted by Gasteiger charge is -2.05. The summed E-state index contributed by atoms with van der Waals surface area (Å²) >= 11 is 1.73. The highest BCUT2D eigenvalue weighted by molar-refractivity contribution is 7.11. The molecule has 0 aliphatic carbocycles. The number of carbonyl (C=O) groups excluding carboxylic acids is 1. The van der Waals surface area contributed by atoms with E-state index in [-0.39, 0.29) is 5.91 Å². The molecule has 1 rings (SSSR count). The molecule has 3 nitrogen and oxygen atoms in total. The van der Waals surface area contributed by atoms with Crippen LogP contribution in [0, 0.1) is 0 Å². The number of hydrogen-bond acceptors (Lipinski definition) is 3. The molecule has 0 aliphatic heterocycles. The van der Waals surface area contributed by atoms with Crippen LogP contribution < -0.4 is 11.1 Å². The molecule has 0 aliphatic rings. The Bertz CT molecular complexity index is 307. The van der Waals surface area contributed by atoms with Gasteiger partial charge in [-0.3, -0.25) is 4.79 Å². The van der Waals surface area contributed by atoms with Crippen molar-refractivity contribution >= 4 is 17.2 Å². The van der Waals surface area contributed by atoms with Crippen molar-refractivity contribution in [2.24, 2.45) is 5.73 Å². The summed E-state index contributed by atoms with van der Waals surface area (Å²) < 4.78 is 0. The first-order chi connectivity index (χ1) is 6.63. The minimum atomic E-state index is -0.430. The van der Waals surface area contributed by atoms with Gasteiger partial charge in [0.05, 0.1) is 12.6 Å². The highest BCUT2D eigenvalue weighted by Crippen LogP contribution is 2.16. The molecule has 4 heteroatoms. The summed E-state index contributed by atoms with van der Waals surface area (Å²) in [5, 5.41) is 2.78. The molecule has 14 heavy (non-hydrogen) atoms. The first kappa shape index (κ1) is 11.2. The fourth-order valence-electron chi connectivity index (χ4n) is 1.04. The van der Waals surface area contributed by atoms with Gasteiger partial charge in [-0.05, 0) is 25.5 Å². The van der Waals surface area contributed by atoms with Crippen molar-refractivity contribution in [2.75, 3.05) is 0 Å². The van der Waals surface area contributed by atoms with Crippen molar-refractivity contribution in [2.45, 2.75) is 32.9 Å². The van der Waals surface area contributed by atoms with Crippen molar-refractivity contribution < 1.29 is 4.79 Å². The molecule has 1 amide bonds. The Labute approximate surface area is 88.3 Å². The summed E-state index contributed by atoms with van der Waals surface area (Å²) in [6.07, 6.45) is 1.05. The minimum Gasteiger partial charge on any atom is -0.350 e. The Hall–Kier alpha value is -0.870. The second-order valence-corrected chi connectivity index (χ2v) is 4.48. The lowest BCUT2D eigenvalue weighted by atomic mass is 10.3. The molecule has 0 fully saturated rings. The molecule has 0 saturated heterocycles. The average molecular weight is 212 g/mol. The van der Waals surface area contributed by atoms with Crippen molar-refractivity contribution in [1.29, 1.82) is 0 Å². The van der Waals surface area contributed by atoms with Crippen LogP contribution in [0.15, 0.2) is 12.1 Å². The largest absolute Gasteiger partial charge is 0.350 e. The maximum absolute atomic E-state index is 11.2. The minimum absolute atomic E-state index is 0.101. The molecular weight excluding hydrogens is 196 g/mol. The highest BCUT2D eigenvalue weighted by Gasteiger charge is 2.06. The smallest absolute Gasteiger partial charge is 0.236 e. The summed E-state index contributed by atoms with van der Waals surface area (Å²) in [5.41, 5.74) is 5.42. The SMILES string of the molecule is CCc1ccc(CNC(=O)[C@H](C)N)s1. The molecule has 0 unspecified atom stereocenters.